The first-order chi connectivity index (χ1) is 13.4. The maximum atomic E-state index is 12.7. The third kappa shape index (κ3) is 4.36. The molecule has 2 atom stereocenters. The summed E-state index contributed by atoms with van der Waals surface area (Å²) in [6, 6.07) is 10.7. The summed E-state index contributed by atoms with van der Waals surface area (Å²) < 4.78 is 15.9. The lowest BCUT2D eigenvalue weighted by Crippen LogP contribution is -2.15. The Morgan fingerprint density at radius 2 is 1.86 bits per heavy atom. The summed E-state index contributed by atoms with van der Waals surface area (Å²) >= 11 is 0. The molecule has 2 aromatic carbocycles. The summed E-state index contributed by atoms with van der Waals surface area (Å²) in [6.45, 7) is 1.43. The van der Waals surface area contributed by atoms with Gasteiger partial charge in [-0.3, -0.25) is 4.79 Å². The molecule has 0 radical (unpaired) electrons. The van der Waals surface area contributed by atoms with Crippen molar-refractivity contribution in [1.29, 1.82) is 0 Å². The molecule has 7 heteroatoms. The molecule has 28 heavy (non-hydrogen) atoms. The minimum Gasteiger partial charge on any atom is -0.497 e. The van der Waals surface area contributed by atoms with Gasteiger partial charge in [0.2, 0.25) is 5.91 Å². The summed E-state index contributed by atoms with van der Waals surface area (Å²) in [4.78, 5) is 23.3. The maximum absolute atomic E-state index is 12.7. The molecule has 0 heterocycles. The molecule has 7 nitrogen and oxygen atoms in total. The highest BCUT2D eigenvalue weighted by Gasteiger charge is 2.45. The lowest BCUT2D eigenvalue weighted by molar-refractivity contribution is -0.139. The van der Waals surface area contributed by atoms with E-state index in [0.29, 0.717) is 11.4 Å². The summed E-state index contributed by atoms with van der Waals surface area (Å²) in [6.07, 6.45) is 0.744. The standard InChI is InChI=1S/C21H23NO6/c1-12-8-14(28-11-20(23)24)4-6-18(12)22-21(25)17-10-15(17)16-9-13(26-2)5-7-19(16)27-3/h4-9,15,17H,10-11H2,1-3H3,(H,22,25)(H,23,24). The minimum atomic E-state index is -1.04. The SMILES string of the molecule is COc1ccc(OC)c(C2CC2C(=O)Nc2ccc(OCC(=O)O)cc2C)c1. The van der Waals surface area contributed by atoms with Gasteiger partial charge < -0.3 is 24.6 Å². The van der Waals surface area contributed by atoms with E-state index in [4.69, 9.17) is 19.3 Å². The number of nitrogens with one attached hydrogen (secondary N) is 1. The fourth-order valence-corrected chi connectivity index (χ4v) is 3.19. The number of anilines is 1. The zero-order valence-corrected chi connectivity index (χ0v) is 16.0. The number of hydrogen-bond acceptors (Lipinski definition) is 5. The van der Waals surface area contributed by atoms with E-state index in [-0.39, 0.29) is 17.7 Å². The van der Waals surface area contributed by atoms with Crippen molar-refractivity contribution in [2.24, 2.45) is 5.92 Å². The normalized spacial score (nSPS) is 17.5. The smallest absolute Gasteiger partial charge is 0.341 e. The van der Waals surface area contributed by atoms with Crippen molar-refractivity contribution < 1.29 is 28.9 Å². The average Bonchev–Trinajstić information content (AvgIpc) is 3.48. The number of carbonyl (C=O) groups excluding carboxylic acids is 1. The van der Waals surface area contributed by atoms with Crippen LogP contribution in [0.25, 0.3) is 0 Å². The Morgan fingerprint density at radius 1 is 1.11 bits per heavy atom. The summed E-state index contributed by atoms with van der Waals surface area (Å²) in [5.41, 5.74) is 2.44. The van der Waals surface area contributed by atoms with E-state index in [0.717, 1.165) is 29.0 Å². The molecule has 1 amide bonds. The van der Waals surface area contributed by atoms with Crippen LogP contribution in [0.5, 0.6) is 17.2 Å². The molecule has 1 aliphatic rings. The Kier molecular flexibility index (Phi) is 5.73. The number of carboxylic acid groups (broad SMARTS) is 1. The number of methoxy groups -OCH3 is 2. The summed E-state index contributed by atoms with van der Waals surface area (Å²) in [5.74, 6) is 0.780. The van der Waals surface area contributed by atoms with Crippen molar-refractivity contribution in [2.45, 2.75) is 19.3 Å². The molecule has 2 N–H and O–H groups in total. The van der Waals surface area contributed by atoms with Gasteiger partial charge in [-0.05, 0) is 55.3 Å². The second-order valence-corrected chi connectivity index (χ2v) is 6.70. The molecule has 3 rings (SSSR count). The Bertz CT molecular complexity index is 894. The lowest BCUT2D eigenvalue weighted by atomic mass is 10.1. The third-order valence-electron chi connectivity index (χ3n) is 4.78. The number of rotatable bonds is 8. The van der Waals surface area contributed by atoms with Crippen LogP contribution in [0.4, 0.5) is 5.69 Å². The van der Waals surface area contributed by atoms with Gasteiger partial charge in [0.25, 0.3) is 0 Å². The van der Waals surface area contributed by atoms with Crippen molar-refractivity contribution in [3.8, 4) is 17.2 Å². The zero-order valence-electron chi connectivity index (χ0n) is 16.0. The maximum Gasteiger partial charge on any atom is 0.341 e. The van der Waals surface area contributed by atoms with Gasteiger partial charge >= 0.3 is 5.97 Å². The second-order valence-electron chi connectivity index (χ2n) is 6.70. The van der Waals surface area contributed by atoms with Crippen LogP contribution in [0.2, 0.25) is 0 Å². The molecule has 1 saturated carbocycles. The van der Waals surface area contributed by atoms with E-state index in [1.54, 1.807) is 32.4 Å². The largest absolute Gasteiger partial charge is 0.497 e. The van der Waals surface area contributed by atoms with Crippen molar-refractivity contribution >= 4 is 17.6 Å². The van der Waals surface area contributed by atoms with Crippen LogP contribution < -0.4 is 19.5 Å². The summed E-state index contributed by atoms with van der Waals surface area (Å²) in [7, 11) is 3.22. The average molecular weight is 385 g/mol. The second kappa shape index (κ2) is 8.21. The predicted molar refractivity (Wildman–Crippen MR) is 103 cm³/mol. The first kappa shape index (κ1) is 19.5. The quantitative estimate of drug-likeness (QED) is 0.725. The van der Waals surface area contributed by atoms with Gasteiger partial charge in [-0.25, -0.2) is 4.79 Å². The van der Waals surface area contributed by atoms with Gasteiger partial charge in [0.05, 0.1) is 14.2 Å². The van der Waals surface area contributed by atoms with Crippen LogP contribution in [-0.2, 0) is 9.59 Å². The van der Waals surface area contributed by atoms with Gasteiger partial charge in [-0.1, -0.05) is 0 Å². The van der Waals surface area contributed by atoms with Gasteiger partial charge in [0.1, 0.15) is 17.2 Å². The number of carbonyl (C=O) groups is 2. The van der Waals surface area contributed by atoms with E-state index in [1.165, 1.54) is 0 Å². The zero-order chi connectivity index (χ0) is 20.3. The first-order valence-electron chi connectivity index (χ1n) is 8.91. The van der Waals surface area contributed by atoms with Crippen LogP contribution in [0.3, 0.4) is 0 Å². The molecule has 2 aromatic rings. The molecule has 0 saturated heterocycles. The Labute approximate surface area is 163 Å². The molecule has 1 aliphatic carbocycles. The summed E-state index contributed by atoms with van der Waals surface area (Å²) in [5, 5.41) is 11.6. The van der Waals surface area contributed by atoms with Gasteiger partial charge in [0.15, 0.2) is 6.61 Å². The third-order valence-corrected chi connectivity index (χ3v) is 4.78. The molecule has 2 unspecified atom stereocenters. The Hall–Kier alpha value is -3.22. The van der Waals surface area contributed by atoms with Gasteiger partial charge in [-0.15, -0.1) is 0 Å². The van der Waals surface area contributed by atoms with E-state index in [2.05, 4.69) is 5.32 Å². The van der Waals surface area contributed by atoms with E-state index >= 15 is 0 Å². The van der Waals surface area contributed by atoms with Crippen LogP contribution in [0, 0.1) is 12.8 Å². The molecular weight excluding hydrogens is 362 g/mol. The topological polar surface area (TPSA) is 94.1 Å². The Morgan fingerprint density at radius 3 is 2.50 bits per heavy atom. The number of aliphatic carboxylic acids is 1. The van der Waals surface area contributed by atoms with E-state index in [9.17, 15) is 9.59 Å². The van der Waals surface area contributed by atoms with Crippen molar-refractivity contribution in [1.82, 2.24) is 0 Å². The fourth-order valence-electron chi connectivity index (χ4n) is 3.19. The number of carboxylic acids is 1. The monoisotopic (exact) mass is 385 g/mol. The lowest BCUT2D eigenvalue weighted by Gasteiger charge is -2.12. The van der Waals surface area contributed by atoms with Gasteiger partial charge in [0, 0.05) is 23.1 Å². The first-order valence-corrected chi connectivity index (χ1v) is 8.91. The van der Waals surface area contributed by atoms with Crippen molar-refractivity contribution in [2.75, 3.05) is 26.1 Å². The van der Waals surface area contributed by atoms with Crippen LogP contribution >= 0.6 is 0 Å². The number of ether oxygens (including phenoxy) is 3. The number of hydrogen-bond donors (Lipinski definition) is 2. The molecule has 148 valence electrons. The molecular formula is C21H23NO6. The van der Waals surface area contributed by atoms with Gasteiger partial charge in [-0.2, -0.15) is 0 Å². The number of benzene rings is 2. The molecule has 0 spiro atoms. The predicted octanol–water partition coefficient (Wildman–Crippen LogP) is 3.22. The fraction of sp³-hybridized carbons (Fsp3) is 0.333. The molecule has 1 fully saturated rings. The van der Waals surface area contributed by atoms with Crippen LogP contribution in [0.15, 0.2) is 36.4 Å². The molecule has 0 aliphatic heterocycles. The Balaban J connectivity index is 1.66. The minimum absolute atomic E-state index is 0.0582. The number of amides is 1. The highest BCUT2D eigenvalue weighted by Crippen LogP contribution is 2.51. The van der Waals surface area contributed by atoms with Crippen molar-refractivity contribution in [3.05, 3.63) is 47.5 Å². The number of aryl methyl sites for hydroxylation is 1. The highest BCUT2D eigenvalue weighted by atomic mass is 16.5. The van der Waals surface area contributed by atoms with Crippen LogP contribution in [-0.4, -0.2) is 37.8 Å². The van der Waals surface area contributed by atoms with Crippen LogP contribution in [0.1, 0.15) is 23.5 Å². The molecule has 0 bridgehead atoms. The van der Waals surface area contributed by atoms with E-state index in [1.807, 2.05) is 25.1 Å². The highest BCUT2D eigenvalue weighted by molar-refractivity contribution is 5.96. The van der Waals surface area contributed by atoms with E-state index < -0.39 is 12.6 Å². The van der Waals surface area contributed by atoms with Crippen molar-refractivity contribution in [3.63, 3.8) is 0 Å². The molecule has 0 aromatic heterocycles.